The zero-order valence-electron chi connectivity index (χ0n) is 11.1. The highest BCUT2D eigenvalue weighted by atomic mass is 16.5. The molecule has 0 spiro atoms. The number of methoxy groups -OCH3 is 1. The lowest BCUT2D eigenvalue weighted by Gasteiger charge is -2.07. The number of carbonyl (C=O) groups is 2. The van der Waals surface area contributed by atoms with Crippen LogP contribution in [0.2, 0.25) is 0 Å². The van der Waals surface area contributed by atoms with Crippen LogP contribution in [0.25, 0.3) is 0 Å². The third-order valence-electron chi connectivity index (χ3n) is 3.38. The Kier molecular flexibility index (Phi) is 4.54. The average Bonchev–Trinajstić information content (AvgIpc) is 3.01. The Labute approximate surface area is 112 Å². The van der Waals surface area contributed by atoms with Gasteiger partial charge in [0.15, 0.2) is 0 Å². The van der Waals surface area contributed by atoms with Crippen molar-refractivity contribution >= 4 is 17.6 Å². The molecule has 1 aromatic heterocycles. The minimum atomic E-state index is -0.369. The van der Waals surface area contributed by atoms with E-state index < -0.39 is 0 Å². The van der Waals surface area contributed by atoms with Gasteiger partial charge in [-0.15, -0.1) is 0 Å². The van der Waals surface area contributed by atoms with Crippen molar-refractivity contribution < 1.29 is 14.3 Å². The van der Waals surface area contributed by atoms with Gasteiger partial charge >= 0.3 is 5.97 Å². The van der Waals surface area contributed by atoms with Crippen LogP contribution in [-0.2, 0) is 20.9 Å². The van der Waals surface area contributed by atoms with Gasteiger partial charge in [0.2, 0.25) is 5.91 Å². The van der Waals surface area contributed by atoms with Crippen LogP contribution in [0, 0.1) is 5.92 Å². The normalized spacial score (nSPS) is 15.4. The Hall–Kier alpha value is -1.85. The van der Waals surface area contributed by atoms with Crippen molar-refractivity contribution in [3.8, 4) is 0 Å². The first-order valence-electron chi connectivity index (χ1n) is 6.56. The lowest BCUT2D eigenvalue weighted by atomic mass is 10.0. The molecular formula is C13H19N3O3. The van der Waals surface area contributed by atoms with Gasteiger partial charge in [0.25, 0.3) is 0 Å². The minimum Gasteiger partial charge on any atom is -0.468 e. The summed E-state index contributed by atoms with van der Waals surface area (Å²) in [4.78, 5) is 22.9. The summed E-state index contributed by atoms with van der Waals surface area (Å²) in [7, 11) is 1.33. The predicted molar refractivity (Wildman–Crippen MR) is 69.4 cm³/mol. The van der Waals surface area contributed by atoms with Crippen molar-refractivity contribution in [3.63, 3.8) is 0 Å². The van der Waals surface area contributed by atoms with E-state index in [0.717, 1.165) is 12.8 Å². The minimum absolute atomic E-state index is 0.0181. The molecule has 1 N–H and O–H groups in total. The summed E-state index contributed by atoms with van der Waals surface area (Å²) in [6.07, 6.45) is 8.50. The van der Waals surface area contributed by atoms with Crippen molar-refractivity contribution in [2.24, 2.45) is 5.92 Å². The highest BCUT2D eigenvalue weighted by Crippen LogP contribution is 2.27. The zero-order valence-corrected chi connectivity index (χ0v) is 11.1. The molecule has 104 valence electrons. The quantitative estimate of drug-likeness (QED) is 0.820. The lowest BCUT2D eigenvalue weighted by molar-refractivity contribution is -0.141. The average molecular weight is 265 g/mol. The Balaban J connectivity index is 1.81. The second-order valence-electron chi connectivity index (χ2n) is 4.91. The van der Waals surface area contributed by atoms with Crippen LogP contribution in [0.15, 0.2) is 12.4 Å². The fraction of sp³-hybridized carbons (Fsp3) is 0.615. The molecule has 0 aliphatic heterocycles. The summed E-state index contributed by atoms with van der Waals surface area (Å²) in [6, 6.07) is 0. The van der Waals surface area contributed by atoms with Gasteiger partial charge < -0.3 is 10.1 Å². The maximum absolute atomic E-state index is 11.8. The van der Waals surface area contributed by atoms with Crippen molar-refractivity contribution in [2.75, 3.05) is 12.4 Å². The van der Waals surface area contributed by atoms with Gasteiger partial charge in [-0.3, -0.25) is 14.3 Å². The van der Waals surface area contributed by atoms with E-state index in [1.54, 1.807) is 6.20 Å². The number of nitrogens with zero attached hydrogens (tertiary/aromatic N) is 2. The zero-order chi connectivity index (χ0) is 13.7. The number of esters is 1. The Morgan fingerprint density at radius 1 is 1.47 bits per heavy atom. The van der Waals surface area contributed by atoms with Crippen LogP contribution < -0.4 is 5.32 Å². The van der Waals surface area contributed by atoms with E-state index in [1.807, 2.05) is 0 Å². The Bertz CT molecular complexity index is 450. The summed E-state index contributed by atoms with van der Waals surface area (Å²) in [5.74, 6) is 0.168. The van der Waals surface area contributed by atoms with E-state index in [2.05, 4.69) is 15.2 Å². The largest absolute Gasteiger partial charge is 0.468 e. The summed E-state index contributed by atoms with van der Waals surface area (Å²) in [5, 5.41) is 6.80. The van der Waals surface area contributed by atoms with Gasteiger partial charge in [-0.2, -0.15) is 5.10 Å². The molecule has 1 heterocycles. The topological polar surface area (TPSA) is 73.2 Å². The molecule has 1 aromatic rings. The summed E-state index contributed by atoms with van der Waals surface area (Å²) >= 11 is 0. The van der Waals surface area contributed by atoms with E-state index >= 15 is 0 Å². The number of hydrogen-bond donors (Lipinski definition) is 1. The maximum atomic E-state index is 11.8. The van der Waals surface area contributed by atoms with Crippen LogP contribution in [0.1, 0.15) is 32.1 Å². The number of carbonyl (C=O) groups excluding carboxylic acids is 2. The molecule has 0 atom stereocenters. The van der Waals surface area contributed by atoms with E-state index in [1.165, 1.54) is 30.8 Å². The van der Waals surface area contributed by atoms with E-state index in [0.29, 0.717) is 18.0 Å². The first-order chi connectivity index (χ1) is 9.17. The summed E-state index contributed by atoms with van der Waals surface area (Å²) in [5.41, 5.74) is 0.618. The molecule has 2 rings (SSSR count). The Morgan fingerprint density at radius 3 is 2.89 bits per heavy atom. The molecule has 6 heteroatoms. The van der Waals surface area contributed by atoms with Gasteiger partial charge in [0.05, 0.1) is 19.0 Å². The Morgan fingerprint density at radius 2 is 2.21 bits per heavy atom. The molecule has 0 saturated heterocycles. The van der Waals surface area contributed by atoms with Gasteiger partial charge in [-0.25, -0.2) is 0 Å². The monoisotopic (exact) mass is 265 g/mol. The number of nitrogens with one attached hydrogen (secondary N) is 1. The second-order valence-corrected chi connectivity index (χ2v) is 4.91. The molecule has 0 unspecified atom stereocenters. The van der Waals surface area contributed by atoms with Crippen LogP contribution in [0.4, 0.5) is 5.69 Å². The molecule has 1 amide bonds. The molecule has 1 fully saturated rings. The van der Waals surface area contributed by atoms with Crippen LogP contribution in [0.5, 0.6) is 0 Å². The van der Waals surface area contributed by atoms with Crippen LogP contribution in [-0.4, -0.2) is 28.8 Å². The van der Waals surface area contributed by atoms with Crippen molar-refractivity contribution in [1.29, 1.82) is 0 Å². The van der Waals surface area contributed by atoms with Crippen LogP contribution in [0.3, 0.4) is 0 Å². The molecule has 0 radical (unpaired) electrons. The van der Waals surface area contributed by atoms with Gasteiger partial charge in [0, 0.05) is 12.6 Å². The first kappa shape index (κ1) is 13.6. The highest BCUT2D eigenvalue weighted by molar-refractivity contribution is 5.90. The van der Waals surface area contributed by atoms with Gasteiger partial charge in [0.1, 0.15) is 6.54 Å². The molecule has 1 saturated carbocycles. The van der Waals surface area contributed by atoms with Crippen LogP contribution >= 0.6 is 0 Å². The number of ether oxygens (including phenoxy) is 1. The van der Waals surface area contributed by atoms with Gasteiger partial charge in [-0.05, 0) is 18.8 Å². The third-order valence-corrected chi connectivity index (χ3v) is 3.38. The molecule has 1 aliphatic rings. The fourth-order valence-electron chi connectivity index (χ4n) is 2.40. The van der Waals surface area contributed by atoms with E-state index in [9.17, 15) is 9.59 Å². The number of amides is 1. The number of anilines is 1. The van der Waals surface area contributed by atoms with E-state index in [4.69, 9.17) is 0 Å². The molecule has 19 heavy (non-hydrogen) atoms. The van der Waals surface area contributed by atoms with Crippen molar-refractivity contribution in [1.82, 2.24) is 9.78 Å². The third kappa shape index (κ3) is 4.08. The maximum Gasteiger partial charge on any atom is 0.327 e. The fourth-order valence-corrected chi connectivity index (χ4v) is 2.40. The smallest absolute Gasteiger partial charge is 0.327 e. The molecule has 0 bridgehead atoms. The first-order valence-corrected chi connectivity index (χ1v) is 6.56. The molecule has 0 aromatic carbocycles. The van der Waals surface area contributed by atoms with Crippen molar-refractivity contribution in [3.05, 3.63) is 12.4 Å². The highest BCUT2D eigenvalue weighted by Gasteiger charge is 2.18. The number of hydrogen-bond acceptors (Lipinski definition) is 4. The summed E-state index contributed by atoms with van der Waals surface area (Å²) < 4.78 is 5.99. The standard InChI is InChI=1S/C13H19N3O3/c1-19-13(18)9-16-8-11(7-14-16)15-12(17)6-10-4-2-3-5-10/h7-8,10H,2-6,9H2,1H3,(H,15,17). The lowest BCUT2D eigenvalue weighted by Crippen LogP contribution is -2.15. The molecule has 6 nitrogen and oxygen atoms in total. The van der Waals surface area contributed by atoms with E-state index in [-0.39, 0.29) is 18.4 Å². The number of aromatic nitrogens is 2. The van der Waals surface area contributed by atoms with Crippen molar-refractivity contribution in [2.45, 2.75) is 38.6 Å². The SMILES string of the molecule is COC(=O)Cn1cc(NC(=O)CC2CCCC2)cn1. The van der Waals surface area contributed by atoms with Gasteiger partial charge in [-0.1, -0.05) is 12.8 Å². The summed E-state index contributed by atoms with van der Waals surface area (Å²) in [6.45, 7) is 0.0506. The predicted octanol–water partition coefficient (Wildman–Crippen LogP) is 1.57. The molecule has 1 aliphatic carbocycles. The molecular weight excluding hydrogens is 246 g/mol. The number of rotatable bonds is 5. The second kappa shape index (κ2) is 6.36.